The number of para-hydroxylation sites is 2. The van der Waals surface area contributed by atoms with Crippen molar-refractivity contribution in [1.82, 2.24) is 19.4 Å². The molecule has 4 heterocycles. The van der Waals surface area contributed by atoms with E-state index in [0.29, 0.717) is 18.5 Å². The molecule has 3 aliphatic heterocycles. The summed E-state index contributed by atoms with van der Waals surface area (Å²) in [6.07, 6.45) is 20.7. The number of fused-ring (bicyclic) bond motifs is 5. The van der Waals surface area contributed by atoms with Crippen molar-refractivity contribution in [2.24, 2.45) is 17.8 Å². The topological polar surface area (TPSA) is 61.6 Å². The van der Waals surface area contributed by atoms with E-state index in [4.69, 9.17) is 4.98 Å². The molecule has 0 amide bonds. The second kappa shape index (κ2) is 11.8. The Morgan fingerprint density at radius 3 is 2.33 bits per heavy atom. The van der Waals surface area contributed by atoms with Crippen LogP contribution in [-0.2, 0) is 11.2 Å². The number of hydrogen-bond acceptors (Lipinski definition) is 4. The van der Waals surface area contributed by atoms with Crippen molar-refractivity contribution < 1.29 is 9.90 Å². The zero-order valence-electron chi connectivity index (χ0n) is 24.4. The van der Waals surface area contributed by atoms with E-state index >= 15 is 0 Å². The fourth-order valence-corrected chi connectivity index (χ4v) is 9.99. The van der Waals surface area contributed by atoms with Gasteiger partial charge < -0.3 is 14.6 Å². The Balaban J connectivity index is 1.11. The van der Waals surface area contributed by atoms with Crippen molar-refractivity contribution in [2.75, 3.05) is 19.6 Å². The lowest BCUT2D eigenvalue weighted by molar-refractivity contribution is -0.137. The average molecular weight is 547 g/mol. The van der Waals surface area contributed by atoms with Crippen LogP contribution in [0.2, 0.25) is 0 Å². The minimum absolute atomic E-state index is 0.245. The van der Waals surface area contributed by atoms with Crippen molar-refractivity contribution in [1.29, 1.82) is 0 Å². The summed E-state index contributed by atoms with van der Waals surface area (Å²) in [7, 11) is 0. The first-order chi connectivity index (χ1) is 19.6. The first-order valence-electron chi connectivity index (χ1n) is 16.8. The van der Waals surface area contributed by atoms with Gasteiger partial charge in [-0.1, -0.05) is 44.2 Å². The Hall–Kier alpha value is -1.92. The zero-order chi connectivity index (χ0) is 27.1. The molecule has 5 aliphatic rings. The third-order valence-electron chi connectivity index (χ3n) is 11.5. The molecule has 1 aromatic heterocycles. The molecule has 5 fully saturated rings. The minimum Gasteiger partial charge on any atom is -0.481 e. The van der Waals surface area contributed by atoms with Gasteiger partial charge in [0.1, 0.15) is 5.82 Å². The van der Waals surface area contributed by atoms with Gasteiger partial charge in [-0.05, 0) is 94.2 Å². The molecular weight excluding hydrogens is 496 g/mol. The predicted molar refractivity (Wildman–Crippen MR) is 159 cm³/mol. The molecule has 1 N–H and O–H groups in total. The van der Waals surface area contributed by atoms with Gasteiger partial charge in [-0.25, -0.2) is 4.98 Å². The summed E-state index contributed by atoms with van der Waals surface area (Å²) >= 11 is 0. The summed E-state index contributed by atoms with van der Waals surface area (Å²) in [6.45, 7) is 2.71. The third-order valence-corrected chi connectivity index (χ3v) is 11.5. The van der Waals surface area contributed by atoms with Crippen LogP contribution < -0.4 is 0 Å². The highest BCUT2D eigenvalue weighted by Crippen LogP contribution is 2.47. The Kier molecular flexibility index (Phi) is 7.92. The summed E-state index contributed by atoms with van der Waals surface area (Å²) in [4.78, 5) is 21.9. The van der Waals surface area contributed by atoms with Gasteiger partial charge in [-0.3, -0.25) is 9.69 Å². The molecule has 6 heteroatoms. The second-order valence-corrected chi connectivity index (χ2v) is 14.2. The molecule has 5 atom stereocenters. The third kappa shape index (κ3) is 5.60. The Labute approximate surface area is 240 Å². The molecule has 4 bridgehead atoms. The van der Waals surface area contributed by atoms with Crippen LogP contribution in [0, 0.1) is 17.8 Å². The monoisotopic (exact) mass is 546 g/mol. The second-order valence-electron chi connectivity index (χ2n) is 14.2. The van der Waals surface area contributed by atoms with Gasteiger partial charge in [0.05, 0.1) is 17.5 Å². The number of nitrogens with zero attached hydrogens (tertiary/aromatic N) is 4. The van der Waals surface area contributed by atoms with Crippen LogP contribution >= 0.6 is 0 Å². The quantitative estimate of drug-likeness (QED) is 0.420. The molecule has 1 aromatic carbocycles. The maximum Gasteiger partial charge on any atom is 0.304 e. The number of aliphatic carboxylic acids is 1. The van der Waals surface area contributed by atoms with Gasteiger partial charge in [0, 0.05) is 43.7 Å². The van der Waals surface area contributed by atoms with E-state index in [0.717, 1.165) is 61.4 Å². The van der Waals surface area contributed by atoms with E-state index in [1.54, 1.807) is 0 Å². The number of carboxylic acids is 1. The average Bonchev–Trinajstić information content (AvgIpc) is 3.22. The van der Waals surface area contributed by atoms with Crippen LogP contribution in [0.5, 0.6) is 0 Å². The smallest absolute Gasteiger partial charge is 0.304 e. The van der Waals surface area contributed by atoms with Gasteiger partial charge in [0.25, 0.3) is 0 Å². The maximum absolute atomic E-state index is 11.2. The van der Waals surface area contributed by atoms with Gasteiger partial charge in [-0.2, -0.15) is 0 Å². The van der Waals surface area contributed by atoms with Crippen LogP contribution in [0.4, 0.5) is 0 Å². The molecular formula is C34H50N4O2. The number of rotatable bonds is 7. The molecule has 0 spiro atoms. The summed E-state index contributed by atoms with van der Waals surface area (Å²) in [5.41, 5.74) is 2.48. The largest absolute Gasteiger partial charge is 0.481 e. The van der Waals surface area contributed by atoms with Crippen LogP contribution in [-0.4, -0.2) is 68.2 Å². The lowest BCUT2D eigenvalue weighted by atomic mass is 9.73. The minimum atomic E-state index is -0.687. The number of likely N-dealkylation sites (tertiary alicyclic amines) is 1. The van der Waals surface area contributed by atoms with Crippen molar-refractivity contribution in [3.05, 3.63) is 30.1 Å². The summed E-state index contributed by atoms with van der Waals surface area (Å²) in [6, 6.07) is 11.7. The van der Waals surface area contributed by atoms with Crippen molar-refractivity contribution in [2.45, 2.75) is 127 Å². The molecule has 7 rings (SSSR count). The van der Waals surface area contributed by atoms with Gasteiger partial charge in [-0.15, -0.1) is 0 Å². The molecule has 0 radical (unpaired) electrons. The number of imidazole rings is 1. The summed E-state index contributed by atoms with van der Waals surface area (Å²) in [5.74, 6) is 3.13. The lowest BCUT2D eigenvalue weighted by Crippen LogP contribution is -2.58. The number of carboxylic acid groups (broad SMARTS) is 1. The van der Waals surface area contributed by atoms with Crippen molar-refractivity contribution in [3.8, 4) is 0 Å². The fraction of sp³-hybridized carbons (Fsp3) is 0.765. The van der Waals surface area contributed by atoms with Gasteiger partial charge in [0.2, 0.25) is 0 Å². The van der Waals surface area contributed by atoms with E-state index in [-0.39, 0.29) is 6.42 Å². The first kappa shape index (κ1) is 26.9. The highest BCUT2D eigenvalue weighted by molar-refractivity contribution is 5.76. The predicted octanol–water partition coefficient (Wildman–Crippen LogP) is 6.68. The number of piperidine rings is 3. The summed E-state index contributed by atoms with van der Waals surface area (Å²) < 4.78 is 2.69. The normalized spacial score (nSPS) is 35.5. The molecule has 218 valence electrons. The lowest BCUT2D eigenvalue weighted by Gasteiger charge is -2.54. The van der Waals surface area contributed by atoms with Gasteiger partial charge in [0.15, 0.2) is 0 Å². The van der Waals surface area contributed by atoms with Crippen molar-refractivity contribution >= 4 is 17.0 Å². The van der Waals surface area contributed by atoms with Gasteiger partial charge >= 0.3 is 5.97 Å². The highest BCUT2D eigenvalue weighted by atomic mass is 16.4. The number of benzene rings is 1. The standard InChI is InChI=1S/C34H50N4O2/c39-34(40)14-16-36-15-6-9-26(23-36)20-33-35-31-12-3-4-13-32(31)38(33)30-21-27-10-5-11-28(22-30)37(27)29-18-24-7-1-2-8-25(17-24)19-29/h3-4,12-13,24-30H,1-2,5-11,14-23H2,(H,39,40). The molecule has 5 unspecified atom stereocenters. The van der Waals surface area contributed by atoms with Crippen LogP contribution in [0.25, 0.3) is 11.0 Å². The number of aromatic nitrogens is 2. The Morgan fingerprint density at radius 1 is 0.825 bits per heavy atom. The number of hydrogen-bond donors (Lipinski definition) is 1. The number of carbonyl (C=O) groups is 1. The van der Waals surface area contributed by atoms with E-state index in [1.807, 2.05) is 0 Å². The molecule has 2 aliphatic carbocycles. The van der Waals surface area contributed by atoms with E-state index in [9.17, 15) is 9.90 Å². The molecule has 6 nitrogen and oxygen atoms in total. The zero-order valence-corrected chi connectivity index (χ0v) is 24.4. The molecule has 2 saturated carbocycles. The van der Waals surface area contributed by atoms with Crippen LogP contribution in [0.15, 0.2) is 24.3 Å². The van der Waals surface area contributed by atoms with E-state index in [2.05, 4.69) is 38.6 Å². The van der Waals surface area contributed by atoms with E-state index in [1.165, 1.54) is 94.8 Å². The van der Waals surface area contributed by atoms with Crippen LogP contribution in [0.3, 0.4) is 0 Å². The first-order valence-corrected chi connectivity index (χ1v) is 16.8. The maximum atomic E-state index is 11.2. The Bertz CT molecular complexity index is 1150. The molecule has 3 saturated heterocycles. The highest BCUT2D eigenvalue weighted by Gasteiger charge is 2.45. The fourth-order valence-electron chi connectivity index (χ4n) is 9.99. The molecule has 40 heavy (non-hydrogen) atoms. The van der Waals surface area contributed by atoms with Crippen molar-refractivity contribution in [3.63, 3.8) is 0 Å². The van der Waals surface area contributed by atoms with E-state index < -0.39 is 5.97 Å². The molecule has 2 aromatic rings. The Morgan fingerprint density at radius 2 is 1.57 bits per heavy atom. The van der Waals surface area contributed by atoms with Crippen LogP contribution in [0.1, 0.15) is 108 Å². The SMILES string of the molecule is O=C(O)CCN1CCCC(Cc2nc3ccccc3n2C2CC3CCCC(C2)N3C2CC3CCCCC(C3)C2)C1. The summed E-state index contributed by atoms with van der Waals surface area (Å²) in [5, 5.41) is 9.19.